The Morgan fingerprint density at radius 2 is 2.00 bits per heavy atom. The van der Waals surface area contributed by atoms with E-state index in [0.29, 0.717) is 9.86 Å². The molecule has 0 fully saturated rings. The number of aromatic nitrogens is 3. The highest BCUT2D eigenvalue weighted by Gasteiger charge is 2.20. The number of nitrogens with zero attached hydrogens (tertiary/aromatic N) is 3. The number of benzene rings is 1. The maximum atomic E-state index is 12.5. The summed E-state index contributed by atoms with van der Waals surface area (Å²) in [6.45, 7) is 0. The molecule has 0 aliphatic heterocycles. The maximum Gasteiger partial charge on any atom is 0.265 e. The number of rotatable bonds is 4. The van der Waals surface area contributed by atoms with Crippen LogP contribution in [0, 0.1) is 0 Å². The SMILES string of the molecule is NSc1nnc(NS(=O)(=O)c2cccc3cccnc23)s1. The van der Waals surface area contributed by atoms with Crippen molar-refractivity contribution in [3.05, 3.63) is 36.5 Å². The number of fused-ring (bicyclic) bond motifs is 1. The Bertz CT molecular complexity index is 888. The zero-order chi connectivity index (χ0) is 14.9. The van der Waals surface area contributed by atoms with Crippen LogP contribution in [0.1, 0.15) is 0 Å². The molecule has 3 rings (SSSR count). The quantitative estimate of drug-likeness (QED) is 0.698. The first kappa shape index (κ1) is 14.2. The molecule has 1 aromatic carbocycles. The number of hydrogen-bond donors (Lipinski definition) is 2. The Morgan fingerprint density at radius 1 is 1.19 bits per heavy atom. The van der Waals surface area contributed by atoms with Crippen LogP contribution < -0.4 is 9.86 Å². The number of para-hydroxylation sites is 1. The Kier molecular flexibility index (Phi) is 3.76. The number of nitrogens with one attached hydrogen (secondary N) is 1. The fourth-order valence-corrected chi connectivity index (χ4v) is 4.17. The van der Waals surface area contributed by atoms with E-state index in [0.717, 1.165) is 28.7 Å². The van der Waals surface area contributed by atoms with Crippen molar-refractivity contribution in [3.63, 3.8) is 0 Å². The minimum absolute atomic E-state index is 0.0951. The smallest absolute Gasteiger partial charge is 0.265 e. The molecule has 0 radical (unpaired) electrons. The first-order valence-electron chi connectivity index (χ1n) is 5.67. The highest BCUT2D eigenvalue weighted by molar-refractivity contribution is 7.99. The topological polar surface area (TPSA) is 111 Å². The van der Waals surface area contributed by atoms with E-state index in [-0.39, 0.29) is 10.0 Å². The molecule has 0 spiro atoms. The zero-order valence-electron chi connectivity index (χ0n) is 10.4. The summed E-state index contributed by atoms with van der Waals surface area (Å²) in [7, 11) is -3.79. The van der Waals surface area contributed by atoms with Gasteiger partial charge in [-0.1, -0.05) is 29.5 Å². The standard InChI is InChI=1S/C11H9N5O2S3/c12-20-11-15-14-10(19-11)16-21(17,18)8-5-1-3-7-4-2-6-13-9(7)8/h1-6H,12H2,(H,14,16). The number of nitrogens with two attached hydrogens (primary N) is 1. The maximum absolute atomic E-state index is 12.5. The molecular weight excluding hydrogens is 330 g/mol. The molecule has 3 aromatic rings. The molecule has 0 atom stereocenters. The van der Waals surface area contributed by atoms with Gasteiger partial charge in [0.15, 0.2) is 4.34 Å². The molecule has 2 heterocycles. The van der Waals surface area contributed by atoms with Gasteiger partial charge in [-0.3, -0.25) is 14.8 Å². The van der Waals surface area contributed by atoms with Crippen LogP contribution in [-0.2, 0) is 10.0 Å². The van der Waals surface area contributed by atoms with Crippen LogP contribution in [-0.4, -0.2) is 23.6 Å². The van der Waals surface area contributed by atoms with E-state index in [2.05, 4.69) is 19.9 Å². The molecule has 21 heavy (non-hydrogen) atoms. The van der Waals surface area contributed by atoms with Gasteiger partial charge in [-0.25, -0.2) is 8.42 Å². The molecule has 2 aromatic heterocycles. The van der Waals surface area contributed by atoms with Gasteiger partial charge >= 0.3 is 0 Å². The molecule has 0 amide bonds. The fourth-order valence-electron chi connectivity index (χ4n) is 1.76. The molecule has 0 saturated heterocycles. The van der Waals surface area contributed by atoms with Gasteiger partial charge in [-0.2, -0.15) is 0 Å². The second-order valence-corrected chi connectivity index (χ2v) is 7.44. The average Bonchev–Trinajstić information content (AvgIpc) is 2.93. The van der Waals surface area contributed by atoms with Crippen LogP contribution in [0.3, 0.4) is 0 Å². The summed E-state index contributed by atoms with van der Waals surface area (Å²) in [6, 6.07) is 8.52. The summed E-state index contributed by atoms with van der Waals surface area (Å²) in [6.07, 6.45) is 1.55. The Hall–Kier alpha value is -1.75. The third kappa shape index (κ3) is 2.83. The summed E-state index contributed by atoms with van der Waals surface area (Å²) in [5.41, 5.74) is 0.408. The Morgan fingerprint density at radius 3 is 2.76 bits per heavy atom. The van der Waals surface area contributed by atoms with Gasteiger partial charge < -0.3 is 0 Å². The Labute approximate surface area is 128 Å². The zero-order valence-corrected chi connectivity index (χ0v) is 12.9. The number of anilines is 1. The lowest BCUT2D eigenvalue weighted by atomic mass is 10.2. The van der Waals surface area contributed by atoms with Gasteiger partial charge in [0.25, 0.3) is 10.0 Å². The van der Waals surface area contributed by atoms with Crippen LogP contribution in [0.5, 0.6) is 0 Å². The lowest BCUT2D eigenvalue weighted by molar-refractivity contribution is 0.602. The normalized spacial score (nSPS) is 11.7. The van der Waals surface area contributed by atoms with Gasteiger partial charge in [0.05, 0.1) is 5.52 Å². The molecule has 7 nitrogen and oxygen atoms in total. The average molecular weight is 339 g/mol. The highest BCUT2D eigenvalue weighted by atomic mass is 32.2. The largest absolute Gasteiger partial charge is 0.272 e. The van der Waals surface area contributed by atoms with E-state index in [1.54, 1.807) is 30.5 Å². The summed E-state index contributed by atoms with van der Waals surface area (Å²) in [4.78, 5) is 4.23. The second kappa shape index (κ2) is 5.56. The molecule has 3 N–H and O–H groups in total. The van der Waals surface area contributed by atoms with Crippen molar-refractivity contribution in [3.8, 4) is 0 Å². The van der Waals surface area contributed by atoms with Gasteiger partial charge in [-0.15, -0.1) is 10.2 Å². The third-order valence-electron chi connectivity index (χ3n) is 2.61. The van der Waals surface area contributed by atoms with E-state index in [1.807, 2.05) is 0 Å². The first-order chi connectivity index (χ1) is 10.1. The summed E-state index contributed by atoms with van der Waals surface area (Å²) in [5.74, 6) is 0. The van der Waals surface area contributed by atoms with Gasteiger partial charge in [0.1, 0.15) is 4.90 Å². The summed E-state index contributed by atoms with van der Waals surface area (Å²) >= 11 is 1.98. The number of hydrogen-bond acceptors (Lipinski definition) is 8. The van der Waals surface area contributed by atoms with Crippen molar-refractivity contribution in [2.75, 3.05) is 4.72 Å². The van der Waals surface area contributed by atoms with Crippen molar-refractivity contribution in [1.82, 2.24) is 15.2 Å². The predicted molar refractivity (Wildman–Crippen MR) is 82.5 cm³/mol. The molecule has 0 unspecified atom stereocenters. The number of sulfonamides is 1. The summed E-state index contributed by atoms with van der Waals surface area (Å²) in [5, 5.41) is 13.7. The van der Waals surface area contributed by atoms with Crippen LogP contribution in [0.15, 0.2) is 45.8 Å². The van der Waals surface area contributed by atoms with E-state index in [1.165, 1.54) is 6.07 Å². The van der Waals surface area contributed by atoms with Crippen LogP contribution in [0.25, 0.3) is 10.9 Å². The van der Waals surface area contributed by atoms with Crippen LogP contribution in [0.2, 0.25) is 0 Å². The minimum Gasteiger partial charge on any atom is -0.272 e. The molecule has 10 heteroatoms. The second-order valence-electron chi connectivity index (χ2n) is 3.93. The fraction of sp³-hybridized carbons (Fsp3) is 0. The molecule has 0 aliphatic carbocycles. The van der Waals surface area contributed by atoms with Crippen molar-refractivity contribution < 1.29 is 8.42 Å². The predicted octanol–water partition coefficient (Wildman–Crippen LogP) is 1.85. The van der Waals surface area contributed by atoms with Crippen molar-refractivity contribution in [2.24, 2.45) is 5.14 Å². The van der Waals surface area contributed by atoms with Crippen LogP contribution >= 0.6 is 23.3 Å². The van der Waals surface area contributed by atoms with E-state index < -0.39 is 10.0 Å². The minimum atomic E-state index is -3.79. The van der Waals surface area contributed by atoms with E-state index in [9.17, 15) is 8.42 Å². The van der Waals surface area contributed by atoms with Gasteiger partial charge in [0.2, 0.25) is 5.13 Å². The molecular formula is C11H9N5O2S3. The van der Waals surface area contributed by atoms with Crippen molar-refractivity contribution in [2.45, 2.75) is 9.24 Å². The van der Waals surface area contributed by atoms with Gasteiger partial charge in [0, 0.05) is 11.6 Å². The van der Waals surface area contributed by atoms with Crippen molar-refractivity contribution in [1.29, 1.82) is 0 Å². The number of pyridine rings is 1. The lowest BCUT2D eigenvalue weighted by Gasteiger charge is -2.07. The monoisotopic (exact) mass is 339 g/mol. The van der Waals surface area contributed by atoms with Crippen LogP contribution in [0.4, 0.5) is 5.13 Å². The lowest BCUT2D eigenvalue weighted by Crippen LogP contribution is -2.13. The van der Waals surface area contributed by atoms with E-state index in [4.69, 9.17) is 5.14 Å². The van der Waals surface area contributed by atoms with Crippen molar-refractivity contribution >= 4 is 49.3 Å². The Balaban J connectivity index is 2.04. The highest BCUT2D eigenvalue weighted by Crippen LogP contribution is 2.26. The molecule has 0 bridgehead atoms. The van der Waals surface area contributed by atoms with Gasteiger partial charge in [-0.05, 0) is 24.1 Å². The molecule has 108 valence electrons. The summed E-state index contributed by atoms with van der Waals surface area (Å²) < 4.78 is 27.8. The first-order valence-corrected chi connectivity index (χ1v) is 8.85. The molecule has 0 aliphatic rings. The van der Waals surface area contributed by atoms with E-state index >= 15 is 0 Å². The third-order valence-corrected chi connectivity index (χ3v) is 5.57. The molecule has 0 saturated carbocycles.